The zero-order valence-electron chi connectivity index (χ0n) is 13.9. The number of pyridine rings is 1. The second-order valence-corrected chi connectivity index (χ2v) is 6.25. The summed E-state index contributed by atoms with van der Waals surface area (Å²) in [5, 5.41) is 9.19. The third-order valence-electron chi connectivity index (χ3n) is 4.62. The molecule has 5 nitrogen and oxygen atoms in total. The summed E-state index contributed by atoms with van der Waals surface area (Å²) in [5.74, 6) is -1.16. The molecule has 0 fully saturated rings. The van der Waals surface area contributed by atoms with Crippen LogP contribution in [0.3, 0.4) is 0 Å². The maximum atomic E-state index is 12.3. The van der Waals surface area contributed by atoms with Crippen LogP contribution in [-0.4, -0.2) is 28.7 Å². The van der Waals surface area contributed by atoms with Gasteiger partial charge in [-0.1, -0.05) is 18.2 Å². The summed E-state index contributed by atoms with van der Waals surface area (Å²) in [6, 6.07) is 10.1. The van der Waals surface area contributed by atoms with Crippen molar-refractivity contribution in [2.24, 2.45) is 0 Å². The fraction of sp³-hybridized carbons (Fsp3) is 0.368. The van der Waals surface area contributed by atoms with E-state index in [1.54, 1.807) is 19.2 Å². The van der Waals surface area contributed by atoms with Crippen LogP contribution in [0.1, 0.15) is 34.3 Å². The van der Waals surface area contributed by atoms with Crippen LogP contribution < -0.4 is 10.5 Å². The number of aromatic carboxylic acids is 1. The first-order valence-electron chi connectivity index (χ1n) is 8.34. The number of carboxylic acids is 1. The zero-order valence-corrected chi connectivity index (χ0v) is 13.9. The van der Waals surface area contributed by atoms with E-state index in [-0.39, 0.29) is 5.56 Å². The van der Waals surface area contributed by atoms with Crippen LogP contribution in [0.2, 0.25) is 0 Å². The monoisotopic (exact) mass is 326 g/mol. The van der Waals surface area contributed by atoms with E-state index in [1.165, 1.54) is 15.8 Å². The van der Waals surface area contributed by atoms with Crippen LogP contribution in [-0.2, 0) is 13.0 Å². The van der Waals surface area contributed by atoms with Gasteiger partial charge in [0.25, 0.3) is 5.56 Å². The van der Waals surface area contributed by atoms with Crippen molar-refractivity contribution in [3.05, 3.63) is 63.6 Å². The number of aryl methyl sites for hydroxylation is 3. The Morgan fingerprint density at radius 3 is 2.79 bits per heavy atom. The standard InChI is InChI=1S/C19H22N2O3/c1-14-9-13-21(18(22)17(14)19(23)24)12-5-11-20-10-4-7-15-6-2-3-8-16(15)20/h2-3,6,8-9,13H,4-5,7,10-12H2,1H3,(H,23,24). The quantitative estimate of drug-likeness (QED) is 0.917. The number of nitrogens with zero attached hydrogens (tertiary/aromatic N) is 2. The summed E-state index contributed by atoms with van der Waals surface area (Å²) in [4.78, 5) is 25.9. The van der Waals surface area contributed by atoms with E-state index in [2.05, 4.69) is 29.2 Å². The molecule has 2 aromatic rings. The van der Waals surface area contributed by atoms with Crippen LogP contribution >= 0.6 is 0 Å². The number of fused-ring (bicyclic) bond motifs is 1. The molecule has 1 aliphatic heterocycles. The minimum absolute atomic E-state index is 0.124. The van der Waals surface area contributed by atoms with Crippen molar-refractivity contribution in [2.75, 3.05) is 18.0 Å². The molecule has 0 amide bonds. The first kappa shape index (κ1) is 16.3. The summed E-state index contributed by atoms with van der Waals surface area (Å²) in [5.41, 5.74) is 2.63. The summed E-state index contributed by atoms with van der Waals surface area (Å²) in [7, 11) is 0. The van der Waals surface area contributed by atoms with Gasteiger partial charge in [0, 0.05) is 31.5 Å². The zero-order chi connectivity index (χ0) is 17.1. The Balaban J connectivity index is 1.69. The average molecular weight is 326 g/mol. The summed E-state index contributed by atoms with van der Waals surface area (Å²) in [6.45, 7) is 4.07. The molecule has 1 aromatic carbocycles. The summed E-state index contributed by atoms with van der Waals surface area (Å²) >= 11 is 0. The second kappa shape index (κ2) is 6.91. The molecule has 24 heavy (non-hydrogen) atoms. The lowest BCUT2D eigenvalue weighted by atomic mass is 10.0. The normalized spacial score (nSPS) is 13.6. The van der Waals surface area contributed by atoms with Gasteiger partial charge >= 0.3 is 5.97 Å². The molecule has 2 heterocycles. The van der Waals surface area contributed by atoms with Gasteiger partial charge in [-0.25, -0.2) is 4.79 Å². The third-order valence-corrected chi connectivity index (χ3v) is 4.62. The number of benzene rings is 1. The van der Waals surface area contributed by atoms with Crippen molar-refractivity contribution in [1.82, 2.24) is 4.57 Å². The van der Waals surface area contributed by atoms with Gasteiger partial charge in [-0.05, 0) is 49.4 Å². The summed E-state index contributed by atoms with van der Waals surface area (Å²) in [6.07, 6.45) is 4.75. The van der Waals surface area contributed by atoms with E-state index in [0.717, 1.165) is 32.4 Å². The molecule has 0 spiro atoms. The molecular formula is C19H22N2O3. The molecule has 0 saturated carbocycles. The number of hydrogen-bond acceptors (Lipinski definition) is 3. The highest BCUT2D eigenvalue weighted by Crippen LogP contribution is 2.26. The van der Waals surface area contributed by atoms with E-state index >= 15 is 0 Å². The SMILES string of the molecule is Cc1ccn(CCCN2CCCc3ccccc32)c(=O)c1C(=O)O. The van der Waals surface area contributed by atoms with E-state index < -0.39 is 11.5 Å². The van der Waals surface area contributed by atoms with Crippen LogP contribution in [0.5, 0.6) is 0 Å². The predicted octanol–water partition coefficient (Wildman–Crippen LogP) is 2.70. The van der Waals surface area contributed by atoms with Crippen molar-refractivity contribution < 1.29 is 9.90 Å². The molecule has 0 saturated heterocycles. The van der Waals surface area contributed by atoms with Crippen molar-refractivity contribution in [2.45, 2.75) is 32.7 Å². The van der Waals surface area contributed by atoms with Crippen LogP contribution in [0.15, 0.2) is 41.3 Å². The highest BCUT2D eigenvalue weighted by atomic mass is 16.4. The molecule has 0 bridgehead atoms. The van der Waals surface area contributed by atoms with E-state index in [4.69, 9.17) is 0 Å². The lowest BCUT2D eigenvalue weighted by Crippen LogP contribution is -2.32. The number of hydrogen-bond donors (Lipinski definition) is 1. The Bertz CT molecular complexity index is 810. The second-order valence-electron chi connectivity index (χ2n) is 6.25. The Labute approximate surface area is 141 Å². The lowest BCUT2D eigenvalue weighted by Gasteiger charge is -2.31. The van der Waals surface area contributed by atoms with Gasteiger partial charge in [0.05, 0.1) is 0 Å². The summed E-state index contributed by atoms with van der Waals surface area (Å²) < 4.78 is 1.51. The van der Waals surface area contributed by atoms with Crippen LogP contribution in [0.4, 0.5) is 5.69 Å². The molecule has 1 aromatic heterocycles. The first-order chi connectivity index (χ1) is 11.6. The van der Waals surface area contributed by atoms with Gasteiger partial charge in [0.15, 0.2) is 0 Å². The molecule has 126 valence electrons. The van der Waals surface area contributed by atoms with Gasteiger partial charge in [0.1, 0.15) is 5.56 Å². The number of carboxylic acid groups (broad SMARTS) is 1. The molecular weight excluding hydrogens is 304 g/mol. The van der Waals surface area contributed by atoms with Gasteiger partial charge in [-0.3, -0.25) is 4.79 Å². The minimum Gasteiger partial charge on any atom is -0.477 e. The number of carbonyl (C=O) groups is 1. The number of aromatic nitrogens is 1. The largest absolute Gasteiger partial charge is 0.477 e. The Morgan fingerprint density at radius 1 is 1.21 bits per heavy atom. The minimum atomic E-state index is -1.16. The molecule has 1 aliphatic rings. The number of anilines is 1. The van der Waals surface area contributed by atoms with E-state index in [9.17, 15) is 14.7 Å². The number of para-hydroxylation sites is 1. The maximum absolute atomic E-state index is 12.3. The van der Waals surface area contributed by atoms with Gasteiger partial charge < -0.3 is 14.6 Å². The molecule has 1 N–H and O–H groups in total. The van der Waals surface area contributed by atoms with E-state index in [0.29, 0.717) is 12.1 Å². The average Bonchev–Trinajstić information content (AvgIpc) is 2.57. The van der Waals surface area contributed by atoms with Crippen LogP contribution in [0.25, 0.3) is 0 Å². The van der Waals surface area contributed by atoms with E-state index in [1.807, 2.05) is 0 Å². The molecule has 5 heteroatoms. The topological polar surface area (TPSA) is 62.5 Å². The molecule has 0 aliphatic carbocycles. The van der Waals surface area contributed by atoms with Crippen molar-refractivity contribution >= 4 is 11.7 Å². The Morgan fingerprint density at radius 2 is 2.00 bits per heavy atom. The van der Waals surface area contributed by atoms with Crippen molar-refractivity contribution in [3.8, 4) is 0 Å². The van der Waals surface area contributed by atoms with Crippen LogP contribution in [0, 0.1) is 6.92 Å². The molecule has 0 radical (unpaired) electrons. The molecule has 0 unspecified atom stereocenters. The Kier molecular flexibility index (Phi) is 4.69. The smallest absolute Gasteiger partial charge is 0.341 e. The fourth-order valence-electron chi connectivity index (χ4n) is 3.38. The van der Waals surface area contributed by atoms with Gasteiger partial charge in [-0.15, -0.1) is 0 Å². The van der Waals surface area contributed by atoms with Gasteiger partial charge in [0.2, 0.25) is 0 Å². The highest BCUT2D eigenvalue weighted by Gasteiger charge is 2.17. The Hall–Kier alpha value is -2.56. The van der Waals surface area contributed by atoms with Gasteiger partial charge in [-0.2, -0.15) is 0 Å². The predicted molar refractivity (Wildman–Crippen MR) is 94.0 cm³/mol. The lowest BCUT2D eigenvalue weighted by molar-refractivity contribution is 0.0693. The third kappa shape index (κ3) is 3.20. The molecule has 0 atom stereocenters. The number of rotatable bonds is 5. The molecule has 3 rings (SSSR count). The van der Waals surface area contributed by atoms with Crippen molar-refractivity contribution in [3.63, 3.8) is 0 Å². The highest BCUT2D eigenvalue weighted by molar-refractivity contribution is 5.88. The van der Waals surface area contributed by atoms with Crippen molar-refractivity contribution in [1.29, 1.82) is 0 Å². The fourth-order valence-corrected chi connectivity index (χ4v) is 3.38. The first-order valence-corrected chi connectivity index (χ1v) is 8.34. The maximum Gasteiger partial charge on any atom is 0.341 e.